The van der Waals surface area contributed by atoms with Crippen LogP contribution in [0.25, 0.3) is 0 Å². The normalized spacial score (nSPS) is 11.1. The molecule has 0 fully saturated rings. The van der Waals surface area contributed by atoms with Crippen molar-refractivity contribution in [3.63, 3.8) is 0 Å². The Morgan fingerprint density at radius 3 is 2.00 bits per heavy atom. The minimum Gasteiger partial charge on any atom is -0.494 e. The van der Waals surface area contributed by atoms with Gasteiger partial charge in [0.2, 0.25) is 0 Å². The molecule has 0 aromatic heterocycles. The first-order valence-electron chi connectivity index (χ1n) is 10.2. The van der Waals surface area contributed by atoms with Gasteiger partial charge in [0, 0.05) is 5.56 Å². The fraction of sp³-hybridized carbons (Fsp3) is 0.417. The van der Waals surface area contributed by atoms with E-state index in [-0.39, 0.29) is 12.0 Å². The van der Waals surface area contributed by atoms with Gasteiger partial charge < -0.3 is 9.47 Å². The van der Waals surface area contributed by atoms with Crippen molar-refractivity contribution >= 4 is 11.8 Å². The van der Waals surface area contributed by atoms with Gasteiger partial charge in [0.05, 0.1) is 6.61 Å². The van der Waals surface area contributed by atoms with Crippen LogP contribution in [0.1, 0.15) is 57.0 Å². The van der Waals surface area contributed by atoms with Crippen molar-refractivity contribution < 1.29 is 19.1 Å². The lowest BCUT2D eigenvalue weighted by Gasteiger charge is -2.19. The first-order chi connectivity index (χ1) is 14.1. The molecule has 6 nitrogen and oxygen atoms in total. The maximum absolute atomic E-state index is 12.2. The van der Waals surface area contributed by atoms with Crippen LogP contribution in [0, 0.1) is 5.92 Å². The number of hydrogen-bond donors (Lipinski definition) is 2. The van der Waals surface area contributed by atoms with Crippen LogP contribution in [0.3, 0.4) is 0 Å². The summed E-state index contributed by atoms with van der Waals surface area (Å²) >= 11 is 0. The summed E-state index contributed by atoms with van der Waals surface area (Å²) in [6, 6.07) is 14.4. The van der Waals surface area contributed by atoms with Gasteiger partial charge in [-0.2, -0.15) is 0 Å². The van der Waals surface area contributed by atoms with Crippen LogP contribution in [0.15, 0.2) is 48.5 Å². The molecular formula is C24H32N2O4. The Balaban J connectivity index is 1.74. The third-order valence-electron chi connectivity index (χ3n) is 4.49. The first kappa shape index (κ1) is 23.3. The summed E-state index contributed by atoms with van der Waals surface area (Å²) in [6.07, 6.45) is 0.969. The second-order valence-corrected chi connectivity index (χ2v) is 8.62. The van der Waals surface area contributed by atoms with Gasteiger partial charge in [0.15, 0.2) is 6.61 Å². The van der Waals surface area contributed by atoms with Crippen LogP contribution in [-0.2, 0) is 10.2 Å². The highest BCUT2D eigenvalue weighted by atomic mass is 16.5. The smallest absolute Gasteiger partial charge is 0.276 e. The van der Waals surface area contributed by atoms with Gasteiger partial charge in [0.1, 0.15) is 11.5 Å². The number of nitrogens with one attached hydrogen (secondary N) is 2. The molecule has 0 atom stereocenters. The fourth-order valence-corrected chi connectivity index (χ4v) is 2.55. The third-order valence-corrected chi connectivity index (χ3v) is 4.49. The Morgan fingerprint density at radius 1 is 0.867 bits per heavy atom. The molecule has 0 unspecified atom stereocenters. The van der Waals surface area contributed by atoms with E-state index in [0.717, 1.165) is 6.42 Å². The van der Waals surface area contributed by atoms with E-state index in [2.05, 4.69) is 45.5 Å². The monoisotopic (exact) mass is 412 g/mol. The number of rotatable bonds is 8. The van der Waals surface area contributed by atoms with Crippen molar-refractivity contribution in [1.29, 1.82) is 0 Å². The minimum atomic E-state index is -0.447. The second kappa shape index (κ2) is 10.7. The average molecular weight is 413 g/mol. The molecule has 0 spiro atoms. The Labute approximate surface area is 178 Å². The van der Waals surface area contributed by atoms with Gasteiger partial charge in [-0.05, 0) is 59.7 Å². The second-order valence-electron chi connectivity index (χ2n) is 8.62. The van der Waals surface area contributed by atoms with Crippen molar-refractivity contribution in [2.75, 3.05) is 13.2 Å². The molecule has 2 N–H and O–H groups in total. The minimum absolute atomic E-state index is 0.0542. The molecule has 0 aliphatic carbocycles. The number of carbonyl (C=O) groups is 2. The molecule has 0 radical (unpaired) electrons. The molecule has 0 heterocycles. The molecule has 2 rings (SSSR count). The first-order valence-corrected chi connectivity index (χ1v) is 10.2. The van der Waals surface area contributed by atoms with Gasteiger partial charge in [-0.25, -0.2) is 0 Å². The summed E-state index contributed by atoms with van der Waals surface area (Å²) < 4.78 is 11.1. The number of benzene rings is 2. The predicted octanol–water partition coefficient (Wildman–Crippen LogP) is 4.25. The molecule has 2 amide bonds. The zero-order chi connectivity index (χ0) is 22.1. The highest BCUT2D eigenvalue weighted by Gasteiger charge is 2.13. The lowest BCUT2D eigenvalue weighted by molar-refractivity contribution is -0.123. The molecule has 2 aromatic carbocycles. The number of ether oxygens (including phenoxy) is 2. The van der Waals surface area contributed by atoms with Crippen LogP contribution >= 0.6 is 0 Å². The molecule has 0 aliphatic rings. The highest BCUT2D eigenvalue weighted by molar-refractivity contribution is 5.95. The zero-order valence-corrected chi connectivity index (χ0v) is 18.5. The Kier molecular flexibility index (Phi) is 8.27. The van der Waals surface area contributed by atoms with Crippen molar-refractivity contribution in [2.24, 2.45) is 5.92 Å². The van der Waals surface area contributed by atoms with Crippen LogP contribution in [0.2, 0.25) is 0 Å². The van der Waals surface area contributed by atoms with E-state index in [1.165, 1.54) is 5.56 Å². The standard InChI is InChI=1S/C24H32N2O4/c1-17(2)14-15-29-20-10-6-18(7-11-20)23(28)26-25-22(27)16-30-21-12-8-19(9-13-21)24(3,4)5/h6-13,17H,14-16H2,1-5H3,(H,25,27)(H,26,28). The highest BCUT2D eigenvalue weighted by Crippen LogP contribution is 2.24. The summed E-state index contributed by atoms with van der Waals surface area (Å²) in [5, 5.41) is 0. The van der Waals surface area contributed by atoms with Crippen LogP contribution < -0.4 is 20.3 Å². The largest absolute Gasteiger partial charge is 0.494 e. The molecule has 0 aliphatic heterocycles. The Hall–Kier alpha value is -3.02. The van der Waals surface area contributed by atoms with Gasteiger partial charge in [-0.3, -0.25) is 20.4 Å². The predicted molar refractivity (Wildman–Crippen MR) is 118 cm³/mol. The summed E-state index contributed by atoms with van der Waals surface area (Å²) in [4.78, 5) is 24.1. The molecule has 0 saturated heterocycles. The van der Waals surface area contributed by atoms with Crippen molar-refractivity contribution in [1.82, 2.24) is 10.9 Å². The topological polar surface area (TPSA) is 76.7 Å². The summed E-state index contributed by atoms with van der Waals surface area (Å²) in [7, 11) is 0. The number of hydrazine groups is 1. The maximum atomic E-state index is 12.2. The third kappa shape index (κ3) is 7.78. The zero-order valence-electron chi connectivity index (χ0n) is 18.5. The van der Waals surface area contributed by atoms with Crippen LogP contribution in [0.5, 0.6) is 11.5 Å². The van der Waals surface area contributed by atoms with Gasteiger partial charge in [-0.15, -0.1) is 0 Å². The van der Waals surface area contributed by atoms with E-state index in [0.29, 0.717) is 29.6 Å². The lowest BCUT2D eigenvalue weighted by atomic mass is 9.87. The van der Waals surface area contributed by atoms with E-state index >= 15 is 0 Å². The Bertz CT molecular complexity index is 822. The summed E-state index contributed by atoms with van der Waals surface area (Å²) in [5.74, 6) is 1.02. The molecule has 30 heavy (non-hydrogen) atoms. The van der Waals surface area contributed by atoms with E-state index < -0.39 is 11.8 Å². The Morgan fingerprint density at radius 2 is 1.43 bits per heavy atom. The SMILES string of the molecule is CC(C)CCOc1ccc(C(=O)NNC(=O)COc2ccc(C(C)(C)C)cc2)cc1. The maximum Gasteiger partial charge on any atom is 0.276 e. The number of carbonyl (C=O) groups excluding carboxylic acids is 2. The van der Waals surface area contributed by atoms with E-state index in [4.69, 9.17) is 9.47 Å². The van der Waals surface area contributed by atoms with E-state index in [1.807, 2.05) is 24.3 Å². The quantitative estimate of drug-likeness (QED) is 0.636. The van der Waals surface area contributed by atoms with Gasteiger partial charge in [0.25, 0.3) is 11.8 Å². The van der Waals surface area contributed by atoms with Gasteiger partial charge in [-0.1, -0.05) is 46.8 Å². The van der Waals surface area contributed by atoms with Gasteiger partial charge >= 0.3 is 0 Å². The van der Waals surface area contributed by atoms with Crippen molar-refractivity contribution in [3.05, 3.63) is 59.7 Å². The van der Waals surface area contributed by atoms with E-state index in [9.17, 15) is 9.59 Å². The lowest BCUT2D eigenvalue weighted by Crippen LogP contribution is -2.43. The van der Waals surface area contributed by atoms with Crippen molar-refractivity contribution in [3.8, 4) is 11.5 Å². The molecule has 0 bridgehead atoms. The van der Waals surface area contributed by atoms with Crippen LogP contribution in [0.4, 0.5) is 0 Å². The molecule has 2 aromatic rings. The molecular weight excluding hydrogens is 380 g/mol. The average Bonchev–Trinajstić information content (AvgIpc) is 2.70. The number of amides is 2. The molecule has 6 heteroatoms. The summed E-state index contributed by atoms with van der Waals surface area (Å²) in [6.45, 7) is 11.1. The van der Waals surface area contributed by atoms with E-state index in [1.54, 1.807) is 24.3 Å². The molecule has 0 saturated carbocycles. The molecule has 162 valence electrons. The van der Waals surface area contributed by atoms with Crippen LogP contribution in [-0.4, -0.2) is 25.0 Å². The van der Waals surface area contributed by atoms with Crippen molar-refractivity contribution in [2.45, 2.75) is 46.5 Å². The summed E-state index contributed by atoms with van der Waals surface area (Å²) in [5.41, 5.74) is 6.39. The number of hydrogen-bond acceptors (Lipinski definition) is 4. The fourth-order valence-electron chi connectivity index (χ4n) is 2.55.